The van der Waals surface area contributed by atoms with Gasteiger partial charge in [-0.15, -0.1) is 0 Å². The largest absolute Gasteiger partial charge is 0.494 e. The highest BCUT2D eigenvalue weighted by molar-refractivity contribution is 5.84. The molecular weight excluding hydrogens is 397 g/mol. The maximum Gasteiger partial charge on any atom is 0.195 e. The molecule has 4 rings (SSSR count). The molecule has 0 N–H and O–H groups in total. The fourth-order valence-corrected chi connectivity index (χ4v) is 3.24. The van der Waals surface area contributed by atoms with Crippen LogP contribution in [0.4, 0.5) is 13.2 Å². The average molecular weight is 416 g/mol. The molecule has 0 heterocycles. The van der Waals surface area contributed by atoms with Crippen LogP contribution in [0.5, 0.6) is 5.75 Å². The van der Waals surface area contributed by atoms with E-state index < -0.39 is 17.5 Å². The van der Waals surface area contributed by atoms with Crippen LogP contribution in [0.2, 0.25) is 0 Å². The van der Waals surface area contributed by atoms with Crippen molar-refractivity contribution in [1.29, 1.82) is 0 Å². The number of hydrogen-bond acceptors (Lipinski definition) is 1. The van der Waals surface area contributed by atoms with Gasteiger partial charge in [-0.1, -0.05) is 49.1 Å². The van der Waals surface area contributed by atoms with E-state index in [0.717, 1.165) is 34.9 Å². The van der Waals surface area contributed by atoms with Crippen LogP contribution in [0.3, 0.4) is 0 Å². The summed E-state index contributed by atoms with van der Waals surface area (Å²) < 4.78 is 46.3. The van der Waals surface area contributed by atoms with Crippen molar-refractivity contribution >= 4 is 10.8 Å². The number of ether oxygens (including phenoxy) is 1. The molecular formula is C27H19F3O. The first-order valence-electron chi connectivity index (χ1n) is 9.97. The van der Waals surface area contributed by atoms with Gasteiger partial charge in [0.2, 0.25) is 0 Å². The summed E-state index contributed by atoms with van der Waals surface area (Å²) in [7, 11) is 0. The zero-order chi connectivity index (χ0) is 21.8. The number of rotatable bonds is 4. The second-order valence-electron chi connectivity index (χ2n) is 7.12. The van der Waals surface area contributed by atoms with Crippen LogP contribution in [-0.2, 0) is 0 Å². The number of fused-ring (bicyclic) bond motifs is 1. The van der Waals surface area contributed by atoms with Crippen molar-refractivity contribution in [3.63, 3.8) is 0 Å². The fourth-order valence-electron chi connectivity index (χ4n) is 3.24. The zero-order valence-electron chi connectivity index (χ0n) is 16.9. The summed E-state index contributed by atoms with van der Waals surface area (Å²) in [6.45, 7) is 2.77. The van der Waals surface area contributed by atoms with E-state index in [1.54, 1.807) is 12.1 Å². The van der Waals surface area contributed by atoms with Crippen LogP contribution in [0.25, 0.3) is 21.9 Å². The predicted molar refractivity (Wildman–Crippen MR) is 117 cm³/mol. The lowest BCUT2D eigenvalue weighted by molar-refractivity contribution is 0.317. The lowest BCUT2D eigenvalue weighted by Gasteiger charge is -2.06. The van der Waals surface area contributed by atoms with Crippen molar-refractivity contribution in [3.8, 4) is 28.7 Å². The normalized spacial score (nSPS) is 10.6. The highest BCUT2D eigenvalue weighted by Crippen LogP contribution is 2.25. The summed E-state index contributed by atoms with van der Waals surface area (Å²) >= 11 is 0. The van der Waals surface area contributed by atoms with Gasteiger partial charge < -0.3 is 4.74 Å². The van der Waals surface area contributed by atoms with Crippen molar-refractivity contribution < 1.29 is 17.9 Å². The molecule has 0 atom stereocenters. The highest BCUT2D eigenvalue weighted by Gasteiger charge is 2.13. The lowest BCUT2D eigenvalue weighted by Crippen LogP contribution is -1.94. The number of benzene rings is 4. The Labute approximate surface area is 179 Å². The molecule has 0 aliphatic carbocycles. The minimum absolute atomic E-state index is 0.0277. The van der Waals surface area contributed by atoms with E-state index in [1.165, 1.54) is 6.07 Å². The Hall–Kier alpha value is -3.71. The minimum atomic E-state index is -1.46. The van der Waals surface area contributed by atoms with Gasteiger partial charge in [-0.25, -0.2) is 13.2 Å². The molecule has 0 aromatic heterocycles. The maximum atomic E-state index is 13.8. The van der Waals surface area contributed by atoms with Crippen LogP contribution in [0.1, 0.15) is 24.5 Å². The van der Waals surface area contributed by atoms with Gasteiger partial charge in [-0.05, 0) is 65.4 Å². The molecule has 0 saturated carbocycles. The number of halogens is 3. The van der Waals surface area contributed by atoms with E-state index in [0.29, 0.717) is 12.2 Å². The van der Waals surface area contributed by atoms with E-state index in [4.69, 9.17) is 4.74 Å². The third-order valence-corrected chi connectivity index (χ3v) is 4.87. The smallest absolute Gasteiger partial charge is 0.195 e. The third-order valence-electron chi connectivity index (χ3n) is 4.87. The Morgan fingerprint density at radius 3 is 2.00 bits per heavy atom. The Kier molecular flexibility index (Phi) is 5.95. The van der Waals surface area contributed by atoms with E-state index in [-0.39, 0.29) is 10.8 Å². The molecule has 0 amide bonds. The zero-order valence-corrected chi connectivity index (χ0v) is 16.9. The van der Waals surface area contributed by atoms with Gasteiger partial charge in [0.05, 0.1) is 6.61 Å². The maximum absolute atomic E-state index is 13.8. The van der Waals surface area contributed by atoms with E-state index in [9.17, 15) is 13.2 Å². The molecule has 154 valence electrons. The van der Waals surface area contributed by atoms with Crippen molar-refractivity contribution in [2.24, 2.45) is 0 Å². The Morgan fingerprint density at radius 1 is 0.710 bits per heavy atom. The first kappa shape index (κ1) is 20.6. The van der Waals surface area contributed by atoms with Crippen molar-refractivity contribution in [2.45, 2.75) is 13.3 Å². The molecule has 1 nitrogen and oxygen atoms in total. The van der Waals surface area contributed by atoms with Gasteiger partial charge in [0, 0.05) is 16.5 Å². The van der Waals surface area contributed by atoms with Gasteiger partial charge >= 0.3 is 0 Å². The second kappa shape index (κ2) is 8.97. The van der Waals surface area contributed by atoms with E-state index in [2.05, 4.69) is 18.8 Å². The van der Waals surface area contributed by atoms with Crippen molar-refractivity contribution in [2.75, 3.05) is 6.61 Å². The monoisotopic (exact) mass is 416 g/mol. The summed E-state index contributed by atoms with van der Waals surface area (Å²) in [6, 6.07) is 21.3. The first-order valence-corrected chi connectivity index (χ1v) is 9.97. The lowest BCUT2D eigenvalue weighted by atomic mass is 10.0. The van der Waals surface area contributed by atoms with E-state index in [1.807, 2.05) is 48.5 Å². The third kappa shape index (κ3) is 4.57. The molecule has 0 aliphatic heterocycles. The topological polar surface area (TPSA) is 9.23 Å². The molecule has 0 spiro atoms. The minimum Gasteiger partial charge on any atom is -0.494 e. The molecule has 0 fully saturated rings. The van der Waals surface area contributed by atoms with Crippen molar-refractivity contribution in [1.82, 2.24) is 0 Å². The van der Waals surface area contributed by atoms with Crippen LogP contribution in [0, 0.1) is 29.3 Å². The predicted octanol–water partition coefficient (Wildman–Crippen LogP) is 7.11. The summed E-state index contributed by atoms with van der Waals surface area (Å²) in [5, 5.41) is 0.296. The van der Waals surface area contributed by atoms with Crippen LogP contribution in [0.15, 0.2) is 72.8 Å². The van der Waals surface area contributed by atoms with Crippen LogP contribution >= 0.6 is 0 Å². The molecule has 0 radical (unpaired) electrons. The van der Waals surface area contributed by atoms with Crippen molar-refractivity contribution in [3.05, 3.63) is 101 Å². The molecule has 0 saturated heterocycles. The highest BCUT2D eigenvalue weighted by atomic mass is 19.2. The number of hydrogen-bond donors (Lipinski definition) is 0. The van der Waals surface area contributed by atoms with Crippen LogP contribution in [-0.4, -0.2) is 6.61 Å². The van der Waals surface area contributed by atoms with Gasteiger partial charge in [0.25, 0.3) is 0 Å². The van der Waals surface area contributed by atoms with Gasteiger partial charge in [-0.3, -0.25) is 0 Å². The molecule has 4 aromatic rings. The molecule has 4 aromatic carbocycles. The molecule has 31 heavy (non-hydrogen) atoms. The molecule has 0 bridgehead atoms. The van der Waals surface area contributed by atoms with E-state index >= 15 is 0 Å². The standard InChI is InChI=1S/C27H19F3O/c1-2-15-31-23-12-10-21(11-13-23)20-8-5-18(6-9-20)3-4-19-7-14-24-22(16-19)17-25(28)27(30)26(24)29/h5-14,16-17H,2,15H2,1H3. The molecule has 0 aliphatic rings. The summed E-state index contributed by atoms with van der Waals surface area (Å²) in [5.41, 5.74) is 3.54. The molecule has 0 unspecified atom stereocenters. The van der Waals surface area contributed by atoms with Gasteiger partial charge in [-0.2, -0.15) is 0 Å². The quantitative estimate of drug-likeness (QED) is 0.254. The summed E-state index contributed by atoms with van der Waals surface area (Å²) in [5.74, 6) is 3.03. The molecule has 4 heteroatoms. The van der Waals surface area contributed by atoms with Crippen LogP contribution < -0.4 is 4.74 Å². The Balaban J connectivity index is 1.53. The Bertz CT molecular complexity index is 1280. The average Bonchev–Trinajstić information content (AvgIpc) is 2.80. The van der Waals surface area contributed by atoms with Gasteiger partial charge in [0.15, 0.2) is 17.5 Å². The fraction of sp³-hybridized carbons (Fsp3) is 0.111. The second-order valence-corrected chi connectivity index (χ2v) is 7.12. The van der Waals surface area contributed by atoms with Gasteiger partial charge in [0.1, 0.15) is 5.75 Å². The Morgan fingerprint density at radius 2 is 1.32 bits per heavy atom. The summed E-state index contributed by atoms with van der Waals surface area (Å²) in [6.07, 6.45) is 0.968. The summed E-state index contributed by atoms with van der Waals surface area (Å²) in [4.78, 5) is 0. The first-order chi connectivity index (χ1) is 15.0. The SMILES string of the molecule is CCCOc1ccc(-c2ccc(C#Cc3ccc4c(F)c(F)c(F)cc4c3)cc2)cc1.